The van der Waals surface area contributed by atoms with Crippen LogP contribution in [-0.4, -0.2) is 26.8 Å². The molecule has 3 aromatic rings. The van der Waals surface area contributed by atoms with E-state index in [0.29, 0.717) is 16.8 Å². The molecule has 6 nitrogen and oxygen atoms in total. The summed E-state index contributed by atoms with van der Waals surface area (Å²) in [6.07, 6.45) is 0. The van der Waals surface area contributed by atoms with Crippen molar-refractivity contribution in [2.45, 2.75) is 6.92 Å². The number of fused-ring (bicyclic) bond motifs is 1. The quantitative estimate of drug-likeness (QED) is 0.736. The van der Waals surface area contributed by atoms with Gasteiger partial charge in [0.2, 0.25) is 0 Å². The summed E-state index contributed by atoms with van der Waals surface area (Å²) in [5.74, 6) is -0.735. The molecule has 6 heteroatoms. The number of aromatic nitrogens is 3. The molecule has 2 heterocycles. The first-order valence-corrected chi connectivity index (χ1v) is 7.13. The fourth-order valence-corrected chi connectivity index (χ4v) is 2.73. The van der Waals surface area contributed by atoms with Crippen molar-refractivity contribution >= 4 is 11.8 Å². The van der Waals surface area contributed by atoms with Crippen LogP contribution in [0.4, 0.5) is 0 Å². The maximum absolute atomic E-state index is 11.8. The first kappa shape index (κ1) is 13.4. The fraction of sp³-hybridized carbons (Fsp3) is 0.0588. The van der Waals surface area contributed by atoms with E-state index in [4.69, 9.17) is 0 Å². The number of hydrogen-bond acceptors (Lipinski definition) is 4. The zero-order valence-electron chi connectivity index (χ0n) is 12.3. The van der Waals surface area contributed by atoms with Crippen LogP contribution in [0, 0.1) is 6.92 Å². The van der Waals surface area contributed by atoms with Crippen LogP contribution >= 0.6 is 0 Å². The highest BCUT2D eigenvalue weighted by Crippen LogP contribution is 2.26. The van der Waals surface area contributed by atoms with Crippen molar-refractivity contribution in [3.05, 3.63) is 65.4 Å². The van der Waals surface area contributed by atoms with Gasteiger partial charge in [-0.25, -0.2) is 4.68 Å². The zero-order valence-corrected chi connectivity index (χ0v) is 12.3. The van der Waals surface area contributed by atoms with E-state index in [1.807, 2.05) is 37.3 Å². The van der Waals surface area contributed by atoms with Crippen LogP contribution in [0.15, 0.2) is 48.5 Å². The van der Waals surface area contributed by atoms with Crippen LogP contribution in [0.3, 0.4) is 0 Å². The van der Waals surface area contributed by atoms with Gasteiger partial charge < -0.3 is 0 Å². The van der Waals surface area contributed by atoms with Gasteiger partial charge >= 0.3 is 0 Å². The Morgan fingerprint density at radius 2 is 1.70 bits per heavy atom. The number of benzene rings is 2. The molecule has 2 amide bonds. The lowest BCUT2D eigenvalue weighted by Crippen LogP contribution is -2.19. The molecule has 0 saturated heterocycles. The predicted octanol–water partition coefficient (Wildman–Crippen LogP) is 2.13. The van der Waals surface area contributed by atoms with Gasteiger partial charge in [-0.1, -0.05) is 29.5 Å². The molecule has 1 N–H and O–H groups in total. The van der Waals surface area contributed by atoms with Gasteiger partial charge in [-0.2, -0.15) is 0 Å². The lowest BCUT2D eigenvalue weighted by Gasteiger charge is -2.04. The number of nitrogens with one attached hydrogen (secondary N) is 1. The number of para-hydroxylation sites is 1. The van der Waals surface area contributed by atoms with E-state index >= 15 is 0 Å². The fourth-order valence-electron chi connectivity index (χ4n) is 2.73. The van der Waals surface area contributed by atoms with E-state index in [9.17, 15) is 9.59 Å². The Morgan fingerprint density at radius 3 is 2.48 bits per heavy atom. The third-order valence-corrected chi connectivity index (χ3v) is 3.90. The number of nitrogens with zero attached hydrogens (tertiary/aromatic N) is 3. The summed E-state index contributed by atoms with van der Waals surface area (Å²) in [5.41, 5.74) is 3.99. The Labute approximate surface area is 131 Å². The first-order valence-electron chi connectivity index (χ1n) is 7.13. The van der Waals surface area contributed by atoms with Crippen LogP contribution < -0.4 is 5.32 Å². The van der Waals surface area contributed by atoms with E-state index in [1.54, 1.807) is 22.9 Å². The molecular formula is C17H12N4O2. The van der Waals surface area contributed by atoms with Crippen LogP contribution in [0.1, 0.15) is 26.4 Å². The Kier molecular flexibility index (Phi) is 2.84. The van der Waals surface area contributed by atoms with Crippen LogP contribution in [0.25, 0.3) is 16.9 Å². The summed E-state index contributed by atoms with van der Waals surface area (Å²) in [4.78, 5) is 23.4. The lowest BCUT2D eigenvalue weighted by atomic mass is 10.0. The van der Waals surface area contributed by atoms with Crippen LogP contribution in [-0.2, 0) is 0 Å². The average Bonchev–Trinajstić information content (AvgIpc) is 3.09. The van der Waals surface area contributed by atoms with Gasteiger partial charge in [0, 0.05) is 5.56 Å². The molecule has 1 aliphatic rings. The normalized spacial score (nSPS) is 13.1. The van der Waals surface area contributed by atoms with Gasteiger partial charge in [0.1, 0.15) is 5.69 Å². The maximum Gasteiger partial charge on any atom is 0.258 e. The summed E-state index contributed by atoms with van der Waals surface area (Å²) in [6.45, 7) is 1.92. The molecule has 0 spiro atoms. The Morgan fingerprint density at radius 1 is 0.957 bits per heavy atom. The summed E-state index contributed by atoms with van der Waals surface area (Å²) in [5, 5.41) is 10.7. The third-order valence-electron chi connectivity index (χ3n) is 3.90. The molecule has 4 rings (SSSR count). The van der Waals surface area contributed by atoms with E-state index < -0.39 is 0 Å². The SMILES string of the molecule is Cc1c(-c2ccc3c(c2)C(=O)NC3=O)nnn1-c1ccccc1. The number of imide groups is 1. The number of carbonyl (C=O) groups excluding carboxylic acids is 2. The molecule has 1 aliphatic heterocycles. The average molecular weight is 304 g/mol. The second-order valence-corrected chi connectivity index (χ2v) is 5.31. The standard InChI is InChI=1S/C17H12N4O2/c1-10-15(19-20-21(10)12-5-3-2-4-6-12)11-7-8-13-14(9-11)17(23)18-16(13)22/h2-9H,1H3,(H,18,22,23). The predicted molar refractivity (Wildman–Crippen MR) is 83.3 cm³/mol. The first-order chi connectivity index (χ1) is 11.1. The molecular weight excluding hydrogens is 292 g/mol. The van der Waals surface area contributed by atoms with Gasteiger partial charge in [-0.3, -0.25) is 14.9 Å². The zero-order chi connectivity index (χ0) is 16.0. The molecule has 112 valence electrons. The van der Waals surface area contributed by atoms with Gasteiger partial charge in [0.15, 0.2) is 0 Å². The van der Waals surface area contributed by atoms with Crippen molar-refractivity contribution in [1.82, 2.24) is 20.3 Å². The highest BCUT2D eigenvalue weighted by atomic mass is 16.2. The van der Waals surface area contributed by atoms with Crippen molar-refractivity contribution in [2.75, 3.05) is 0 Å². The Balaban J connectivity index is 1.81. The number of amides is 2. The smallest absolute Gasteiger partial charge is 0.258 e. The van der Waals surface area contributed by atoms with Gasteiger partial charge in [-0.15, -0.1) is 5.10 Å². The molecule has 0 fully saturated rings. The number of hydrogen-bond donors (Lipinski definition) is 1. The minimum absolute atomic E-state index is 0.360. The molecule has 1 aromatic heterocycles. The highest BCUT2D eigenvalue weighted by molar-refractivity contribution is 6.21. The summed E-state index contributed by atoms with van der Waals surface area (Å²) in [6, 6.07) is 14.8. The van der Waals surface area contributed by atoms with E-state index in [-0.39, 0.29) is 11.8 Å². The summed E-state index contributed by atoms with van der Waals surface area (Å²) < 4.78 is 1.74. The van der Waals surface area contributed by atoms with E-state index in [0.717, 1.165) is 16.9 Å². The molecule has 0 atom stereocenters. The van der Waals surface area contributed by atoms with Gasteiger partial charge in [0.25, 0.3) is 11.8 Å². The molecule has 0 radical (unpaired) electrons. The summed E-state index contributed by atoms with van der Waals surface area (Å²) in [7, 11) is 0. The highest BCUT2D eigenvalue weighted by Gasteiger charge is 2.27. The summed E-state index contributed by atoms with van der Waals surface area (Å²) >= 11 is 0. The lowest BCUT2D eigenvalue weighted by molar-refractivity contribution is 0.0879. The van der Waals surface area contributed by atoms with Crippen molar-refractivity contribution in [1.29, 1.82) is 0 Å². The van der Waals surface area contributed by atoms with E-state index in [2.05, 4.69) is 15.6 Å². The van der Waals surface area contributed by atoms with Crippen molar-refractivity contribution in [2.24, 2.45) is 0 Å². The van der Waals surface area contributed by atoms with Crippen molar-refractivity contribution < 1.29 is 9.59 Å². The molecule has 0 bridgehead atoms. The van der Waals surface area contributed by atoms with Crippen molar-refractivity contribution in [3.8, 4) is 16.9 Å². The second kappa shape index (κ2) is 4.88. The van der Waals surface area contributed by atoms with E-state index in [1.165, 1.54) is 0 Å². The van der Waals surface area contributed by atoms with Crippen LogP contribution in [0.2, 0.25) is 0 Å². The monoisotopic (exact) mass is 304 g/mol. The maximum atomic E-state index is 11.8. The molecule has 2 aromatic carbocycles. The van der Waals surface area contributed by atoms with Gasteiger partial charge in [0.05, 0.1) is 22.5 Å². The minimum atomic E-state index is -0.375. The molecule has 0 aliphatic carbocycles. The topological polar surface area (TPSA) is 76.9 Å². The molecule has 23 heavy (non-hydrogen) atoms. The number of rotatable bonds is 2. The third kappa shape index (κ3) is 2.03. The second-order valence-electron chi connectivity index (χ2n) is 5.31. The molecule has 0 saturated carbocycles. The van der Waals surface area contributed by atoms with Crippen LogP contribution in [0.5, 0.6) is 0 Å². The Bertz CT molecular complexity index is 944. The minimum Gasteiger partial charge on any atom is -0.288 e. The van der Waals surface area contributed by atoms with Gasteiger partial charge in [-0.05, 0) is 31.2 Å². The molecule has 0 unspecified atom stereocenters. The Hall–Kier alpha value is -3.28. The largest absolute Gasteiger partial charge is 0.288 e. The number of carbonyl (C=O) groups is 2. The van der Waals surface area contributed by atoms with Crippen molar-refractivity contribution in [3.63, 3.8) is 0 Å².